The van der Waals surface area contributed by atoms with Gasteiger partial charge in [0.1, 0.15) is 0 Å². The molecular formula is C20H25N3O2. The fraction of sp³-hybridized carbons (Fsp3) is 0.550. The van der Waals surface area contributed by atoms with Crippen LogP contribution in [-0.2, 0) is 16.1 Å². The van der Waals surface area contributed by atoms with Crippen molar-refractivity contribution in [3.8, 4) is 0 Å². The maximum Gasteiger partial charge on any atom is 0.226 e. The first-order chi connectivity index (χ1) is 12.1. The Morgan fingerprint density at radius 3 is 3.08 bits per heavy atom. The van der Waals surface area contributed by atoms with Crippen molar-refractivity contribution in [3.05, 3.63) is 35.0 Å². The van der Waals surface area contributed by atoms with Gasteiger partial charge in [-0.15, -0.1) is 0 Å². The number of carbonyl (C=O) groups is 1. The molecule has 0 bridgehead atoms. The van der Waals surface area contributed by atoms with Crippen LogP contribution in [-0.4, -0.2) is 52.2 Å². The van der Waals surface area contributed by atoms with E-state index in [1.165, 1.54) is 27.7 Å². The first-order valence-electron chi connectivity index (χ1n) is 9.35. The van der Waals surface area contributed by atoms with Crippen molar-refractivity contribution in [2.45, 2.75) is 51.4 Å². The Kier molecular flexibility index (Phi) is 3.28. The highest BCUT2D eigenvalue weighted by Crippen LogP contribution is 2.45. The molecule has 5 nitrogen and oxygen atoms in total. The van der Waals surface area contributed by atoms with E-state index in [1.54, 1.807) is 0 Å². The van der Waals surface area contributed by atoms with Gasteiger partial charge in [0.05, 0.1) is 18.2 Å². The first kappa shape index (κ1) is 15.4. The molecule has 1 spiro atoms. The zero-order valence-electron chi connectivity index (χ0n) is 15.0. The van der Waals surface area contributed by atoms with Crippen molar-refractivity contribution in [1.29, 1.82) is 0 Å². The maximum absolute atomic E-state index is 12.5. The van der Waals surface area contributed by atoms with Gasteiger partial charge in [-0.05, 0) is 31.4 Å². The van der Waals surface area contributed by atoms with Crippen LogP contribution in [0, 0.1) is 13.8 Å². The number of likely N-dealkylation sites (tertiary alicyclic amines) is 1. The van der Waals surface area contributed by atoms with Crippen molar-refractivity contribution >= 4 is 16.8 Å². The van der Waals surface area contributed by atoms with Crippen LogP contribution in [0.4, 0.5) is 0 Å². The van der Waals surface area contributed by atoms with E-state index in [9.17, 15) is 4.79 Å². The van der Waals surface area contributed by atoms with E-state index in [2.05, 4.69) is 41.9 Å². The van der Waals surface area contributed by atoms with Gasteiger partial charge in [0.15, 0.2) is 5.72 Å². The Labute approximate surface area is 147 Å². The quantitative estimate of drug-likeness (QED) is 0.915. The molecule has 3 saturated heterocycles. The molecule has 1 amide bonds. The Hall–Kier alpha value is -1.85. The molecular weight excluding hydrogens is 314 g/mol. The molecule has 3 aliphatic heterocycles. The van der Waals surface area contributed by atoms with Crippen molar-refractivity contribution < 1.29 is 9.53 Å². The van der Waals surface area contributed by atoms with Crippen molar-refractivity contribution in [3.63, 3.8) is 0 Å². The smallest absolute Gasteiger partial charge is 0.226 e. The summed E-state index contributed by atoms with van der Waals surface area (Å²) >= 11 is 0. The van der Waals surface area contributed by atoms with Crippen LogP contribution in [0.1, 0.15) is 36.1 Å². The highest BCUT2D eigenvalue weighted by Gasteiger charge is 2.60. The largest absolute Gasteiger partial charge is 0.358 e. The van der Waals surface area contributed by atoms with Crippen LogP contribution in [0.5, 0.6) is 0 Å². The molecule has 0 radical (unpaired) electrons. The summed E-state index contributed by atoms with van der Waals surface area (Å²) in [4.78, 5) is 20.5. The number of H-pyrrole nitrogens is 1. The van der Waals surface area contributed by atoms with Gasteiger partial charge in [0.2, 0.25) is 5.91 Å². The van der Waals surface area contributed by atoms with E-state index in [4.69, 9.17) is 4.74 Å². The third-order valence-electron chi connectivity index (χ3n) is 6.53. The number of benzene rings is 1. The average molecular weight is 339 g/mol. The lowest BCUT2D eigenvalue weighted by molar-refractivity contribution is -0.180. The molecule has 2 atom stereocenters. The summed E-state index contributed by atoms with van der Waals surface area (Å²) in [5.41, 5.74) is 4.76. The number of nitrogens with one attached hydrogen (secondary N) is 1. The van der Waals surface area contributed by atoms with Crippen LogP contribution in [0.25, 0.3) is 10.9 Å². The summed E-state index contributed by atoms with van der Waals surface area (Å²) in [6.07, 6.45) is 2.49. The van der Waals surface area contributed by atoms with Crippen LogP contribution in [0.3, 0.4) is 0 Å². The fourth-order valence-corrected chi connectivity index (χ4v) is 5.12. The number of rotatable bonds is 2. The molecule has 2 aromatic rings. The number of aromatic nitrogens is 1. The lowest BCUT2D eigenvalue weighted by Gasteiger charge is -2.42. The summed E-state index contributed by atoms with van der Waals surface area (Å²) in [5, 5.41) is 1.31. The van der Waals surface area contributed by atoms with Crippen LogP contribution >= 0.6 is 0 Å². The molecule has 132 valence electrons. The van der Waals surface area contributed by atoms with Gasteiger partial charge < -0.3 is 14.6 Å². The lowest BCUT2D eigenvalue weighted by atomic mass is 10.0. The molecule has 1 aromatic heterocycles. The maximum atomic E-state index is 12.5. The second-order valence-corrected chi connectivity index (χ2v) is 7.75. The van der Waals surface area contributed by atoms with Gasteiger partial charge in [0, 0.05) is 43.6 Å². The highest BCUT2D eigenvalue weighted by molar-refractivity contribution is 5.87. The Morgan fingerprint density at radius 1 is 1.32 bits per heavy atom. The summed E-state index contributed by atoms with van der Waals surface area (Å²) in [6.45, 7) is 7.79. The van der Waals surface area contributed by atoms with Crippen LogP contribution in [0.2, 0.25) is 0 Å². The number of carbonyl (C=O) groups excluding carboxylic acids is 1. The highest BCUT2D eigenvalue weighted by atomic mass is 16.5. The molecule has 3 fully saturated rings. The molecule has 0 unspecified atom stereocenters. The Morgan fingerprint density at radius 2 is 2.20 bits per heavy atom. The molecule has 5 rings (SSSR count). The number of hydrogen-bond donors (Lipinski definition) is 1. The van der Waals surface area contributed by atoms with Gasteiger partial charge >= 0.3 is 0 Å². The first-order valence-corrected chi connectivity index (χ1v) is 9.35. The molecule has 3 aliphatic rings. The van der Waals surface area contributed by atoms with Gasteiger partial charge in [-0.3, -0.25) is 9.69 Å². The van der Waals surface area contributed by atoms with E-state index in [0.29, 0.717) is 6.42 Å². The number of nitrogens with zero attached hydrogens (tertiary/aromatic N) is 2. The summed E-state index contributed by atoms with van der Waals surface area (Å²) in [6, 6.07) is 6.73. The SMILES string of the molecule is Cc1[nH]c2c(CN3CC[C@@]45OCCCN4C(=O)C[C@@H]35)cccc2c1C. The number of hydrogen-bond acceptors (Lipinski definition) is 3. The molecule has 0 saturated carbocycles. The molecule has 0 aliphatic carbocycles. The summed E-state index contributed by atoms with van der Waals surface area (Å²) in [5.74, 6) is 0.263. The standard InChI is InChI=1S/C20H25N3O2/c1-13-14(2)21-19-15(5-3-6-16(13)19)12-22-9-7-20-17(22)11-18(24)23(20)8-4-10-25-20/h3,5-6,17,21H,4,7-12H2,1-2H3/t17-,20+/m1/s1. The molecule has 4 heterocycles. The summed E-state index contributed by atoms with van der Waals surface area (Å²) in [7, 11) is 0. The molecule has 5 heteroatoms. The van der Waals surface area contributed by atoms with Crippen LogP contribution in [0.15, 0.2) is 18.2 Å². The van der Waals surface area contributed by atoms with Gasteiger partial charge in [-0.1, -0.05) is 18.2 Å². The zero-order valence-corrected chi connectivity index (χ0v) is 15.0. The van der Waals surface area contributed by atoms with Gasteiger partial charge in [-0.2, -0.15) is 0 Å². The van der Waals surface area contributed by atoms with Gasteiger partial charge in [0.25, 0.3) is 0 Å². The second kappa shape index (κ2) is 5.32. The van der Waals surface area contributed by atoms with Crippen molar-refractivity contribution in [2.24, 2.45) is 0 Å². The van der Waals surface area contributed by atoms with Crippen molar-refractivity contribution in [2.75, 3.05) is 19.7 Å². The number of aromatic amines is 1. The van der Waals surface area contributed by atoms with E-state index in [0.717, 1.165) is 39.1 Å². The van der Waals surface area contributed by atoms with Crippen molar-refractivity contribution in [1.82, 2.24) is 14.8 Å². The normalized spacial score (nSPS) is 29.4. The number of amides is 1. The topological polar surface area (TPSA) is 48.6 Å². The summed E-state index contributed by atoms with van der Waals surface area (Å²) < 4.78 is 6.22. The Bertz CT molecular complexity index is 858. The molecule has 1 N–H and O–H groups in total. The minimum atomic E-state index is -0.356. The second-order valence-electron chi connectivity index (χ2n) is 7.75. The monoisotopic (exact) mass is 339 g/mol. The third-order valence-corrected chi connectivity index (χ3v) is 6.53. The molecule has 25 heavy (non-hydrogen) atoms. The molecule has 1 aromatic carbocycles. The average Bonchev–Trinajstić information content (AvgIpc) is 3.19. The van der Waals surface area contributed by atoms with E-state index >= 15 is 0 Å². The van der Waals surface area contributed by atoms with E-state index in [-0.39, 0.29) is 17.7 Å². The van der Waals surface area contributed by atoms with E-state index in [1.807, 2.05) is 4.90 Å². The number of fused-ring (bicyclic) bond motifs is 1. The van der Waals surface area contributed by atoms with E-state index < -0.39 is 0 Å². The van der Waals surface area contributed by atoms with Crippen LogP contribution < -0.4 is 0 Å². The predicted molar refractivity (Wildman–Crippen MR) is 96.2 cm³/mol. The minimum absolute atomic E-state index is 0.188. The fourth-order valence-electron chi connectivity index (χ4n) is 5.12. The zero-order chi connectivity index (χ0) is 17.2. The Balaban J connectivity index is 1.48. The van der Waals surface area contributed by atoms with Gasteiger partial charge in [-0.25, -0.2) is 0 Å². The number of aryl methyl sites for hydroxylation is 2. The third kappa shape index (κ3) is 2.06. The minimum Gasteiger partial charge on any atom is -0.358 e. The number of ether oxygens (including phenoxy) is 1. The lowest BCUT2D eigenvalue weighted by Crippen LogP contribution is -2.56. The predicted octanol–water partition coefficient (Wildman–Crippen LogP) is 2.71. The number of para-hydroxylation sites is 1.